The maximum absolute atomic E-state index is 8.60. The smallest absolute Gasteiger partial charge is 0.210 e. The van der Waals surface area contributed by atoms with Crippen LogP contribution in [0.2, 0.25) is 0 Å². The summed E-state index contributed by atoms with van der Waals surface area (Å²) >= 11 is 0. The molecule has 0 radical (unpaired) electrons. The Labute approximate surface area is 202 Å². The van der Waals surface area contributed by atoms with Crippen molar-refractivity contribution in [2.45, 2.75) is 18.8 Å². The molecule has 0 aliphatic rings. The van der Waals surface area contributed by atoms with E-state index < -0.39 is 0 Å². The third-order valence-electron chi connectivity index (χ3n) is 6.79. The van der Waals surface area contributed by atoms with Gasteiger partial charge in [-0.05, 0) is 53.8 Å². The first kappa shape index (κ1) is 21.0. The normalized spacial score (nSPS) is 12.2. The van der Waals surface area contributed by atoms with Crippen LogP contribution in [-0.2, 0) is 0 Å². The van der Waals surface area contributed by atoms with Gasteiger partial charge in [0, 0.05) is 86.6 Å². The molecule has 6 nitrogen and oxygen atoms in total. The molecule has 0 saturated carbocycles. The third-order valence-corrected chi connectivity index (χ3v) is 6.79. The SMILES string of the molecule is [N-]=[N+]=NCCCC(c1ccncc1)c1ccc(-[n+]2cc3ccc4cncc5ccc(c2)c3c45)cc1. The van der Waals surface area contributed by atoms with E-state index in [1.165, 1.54) is 43.4 Å². The van der Waals surface area contributed by atoms with Gasteiger partial charge in [-0.1, -0.05) is 29.4 Å². The Bertz CT molecular complexity index is 1610. The number of rotatable bonds is 7. The third kappa shape index (κ3) is 3.90. The fourth-order valence-corrected chi connectivity index (χ4v) is 5.13. The Balaban J connectivity index is 1.37. The van der Waals surface area contributed by atoms with Gasteiger partial charge in [0.2, 0.25) is 5.69 Å². The van der Waals surface area contributed by atoms with E-state index in [4.69, 9.17) is 5.53 Å². The standard InChI is InChI=1S/C29H23N6/c30-34-33-13-1-2-27(21-11-14-31-15-12-21)20-7-9-26(10-8-20)35-18-24-5-3-22-16-32-17-23-4-6-25(19-35)29(24)28(22)23/h3-12,14-19,27H,1-2,13H2/q+1. The predicted molar refractivity (Wildman–Crippen MR) is 139 cm³/mol. The van der Waals surface area contributed by atoms with E-state index >= 15 is 0 Å². The summed E-state index contributed by atoms with van der Waals surface area (Å²) in [7, 11) is 0. The van der Waals surface area contributed by atoms with Gasteiger partial charge in [-0.15, -0.1) is 0 Å². The van der Waals surface area contributed by atoms with Crippen LogP contribution >= 0.6 is 0 Å². The molecule has 0 spiro atoms. The first-order chi connectivity index (χ1) is 17.3. The van der Waals surface area contributed by atoms with Gasteiger partial charge in [-0.25, -0.2) is 0 Å². The molecule has 0 aliphatic heterocycles. The lowest BCUT2D eigenvalue weighted by atomic mass is 9.88. The molecule has 168 valence electrons. The van der Waals surface area contributed by atoms with Crippen molar-refractivity contribution in [1.82, 2.24) is 9.97 Å². The summed E-state index contributed by atoms with van der Waals surface area (Å²) in [5, 5.41) is 11.0. The maximum atomic E-state index is 8.60. The average Bonchev–Trinajstić information content (AvgIpc) is 2.92. The molecule has 3 aromatic carbocycles. The summed E-state index contributed by atoms with van der Waals surface area (Å²) < 4.78 is 2.20. The Kier molecular flexibility index (Phi) is 5.41. The van der Waals surface area contributed by atoms with E-state index in [2.05, 4.69) is 97.6 Å². The van der Waals surface area contributed by atoms with Crippen LogP contribution in [0, 0.1) is 0 Å². The summed E-state index contributed by atoms with van der Waals surface area (Å²) in [5.41, 5.74) is 12.2. The Hall–Kier alpha value is -4.54. The number of hydrogen-bond acceptors (Lipinski definition) is 3. The fourth-order valence-electron chi connectivity index (χ4n) is 5.13. The summed E-state index contributed by atoms with van der Waals surface area (Å²) in [6.07, 6.45) is 13.7. The number of aromatic nitrogens is 3. The second-order valence-corrected chi connectivity index (χ2v) is 8.83. The Morgan fingerprint density at radius 2 is 1.34 bits per heavy atom. The molecule has 0 aliphatic carbocycles. The van der Waals surface area contributed by atoms with Gasteiger partial charge in [0.25, 0.3) is 0 Å². The van der Waals surface area contributed by atoms with E-state index in [1.807, 2.05) is 24.8 Å². The van der Waals surface area contributed by atoms with Gasteiger partial charge in [0.05, 0.1) is 0 Å². The molecule has 6 rings (SSSR count). The minimum absolute atomic E-state index is 0.227. The van der Waals surface area contributed by atoms with Crippen molar-refractivity contribution in [3.05, 3.63) is 119 Å². The number of benzene rings is 3. The van der Waals surface area contributed by atoms with Crippen LogP contribution in [0.4, 0.5) is 0 Å². The van der Waals surface area contributed by atoms with Crippen molar-refractivity contribution < 1.29 is 4.57 Å². The number of azide groups is 1. The molecule has 0 N–H and O–H groups in total. The zero-order valence-electron chi connectivity index (χ0n) is 19.1. The molecule has 6 aromatic rings. The average molecular weight is 456 g/mol. The summed E-state index contributed by atoms with van der Waals surface area (Å²) in [6.45, 7) is 0.506. The molecule has 35 heavy (non-hydrogen) atoms. The van der Waals surface area contributed by atoms with Crippen molar-refractivity contribution in [3.8, 4) is 5.69 Å². The van der Waals surface area contributed by atoms with Crippen LogP contribution in [0.15, 0.2) is 103 Å². The van der Waals surface area contributed by atoms with Gasteiger partial charge < -0.3 is 0 Å². The summed E-state index contributed by atoms with van der Waals surface area (Å²) in [6, 6.07) is 21.6. The predicted octanol–water partition coefficient (Wildman–Crippen LogP) is 6.87. The Morgan fingerprint density at radius 3 is 2.00 bits per heavy atom. The summed E-state index contributed by atoms with van der Waals surface area (Å²) in [4.78, 5) is 11.4. The van der Waals surface area contributed by atoms with Crippen molar-refractivity contribution >= 4 is 32.3 Å². The maximum Gasteiger partial charge on any atom is 0.210 e. The van der Waals surface area contributed by atoms with Gasteiger partial charge in [-0.3, -0.25) is 9.97 Å². The lowest BCUT2D eigenvalue weighted by molar-refractivity contribution is -0.592. The molecule has 6 heteroatoms. The number of nitrogens with zero attached hydrogens (tertiary/aromatic N) is 6. The minimum Gasteiger partial charge on any atom is -0.265 e. The minimum atomic E-state index is 0.227. The highest BCUT2D eigenvalue weighted by Crippen LogP contribution is 2.33. The second-order valence-electron chi connectivity index (χ2n) is 8.83. The van der Waals surface area contributed by atoms with Crippen LogP contribution in [-0.4, -0.2) is 16.5 Å². The lowest BCUT2D eigenvalue weighted by Crippen LogP contribution is -2.29. The highest BCUT2D eigenvalue weighted by atomic mass is 15.1. The molecule has 1 atom stereocenters. The highest BCUT2D eigenvalue weighted by molar-refractivity contribution is 6.22. The lowest BCUT2D eigenvalue weighted by Gasteiger charge is -2.17. The van der Waals surface area contributed by atoms with Crippen LogP contribution in [0.25, 0.3) is 48.4 Å². The van der Waals surface area contributed by atoms with Crippen molar-refractivity contribution in [3.63, 3.8) is 0 Å². The molecular formula is C29H23N6+. The van der Waals surface area contributed by atoms with Crippen molar-refractivity contribution in [2.75, 3.05) is 6.54 Å². The van der Waals surface area contributed by atoms with Gasteiger partial charge in [0.1, 0.15) is 0 Å². The quantitative estimate of drug-likeness (QED) is 0.0657. The molecule has 0 amide bonds. The topological polar surface area (TPSA) is 78.4 Å². The van der Waals surface area contributed by atoms with E-state index in [1.54, 1.807) is 0 Å². The molecular weight excluding hydrogens is 432 g/mol. The number of hydrogen-bond donors (Lipinski definition) is 0. The van der Waals surface area contributed by atoms with E-state index in [9.17, 15) is 0 Å². The van der Waals surface area contributed by atoms with Gasteiger partial charge in [-0.2, -0.15) is 4.57 Å². The van der Waals surface area contributed by atoms with Crippen LogP contribution in [0.1, 0.15) is 29.9 Å². The Morgan fingerprint density at radius 1 is 0.743 bits per heavy atom. The molecule has 1 unspecified atom stereocenters. The van der Waals surface area contributed by atoms with E-state index in [0.29, 0.717) is 6.54 Å². The molecule has 3 heterocycles. The van der Waals surface area contributed by atoms with E-state index in [-0.39, 0.29) is 5.92 Å². The summed E-state index contributed by atoms with van der Waals surface area (Å²) in [5.74, 6) is 0.227. The van der Waals surface area contributed by atoms with Crippen molar-refractivity contribution in [2.24, 2.45) is 5.11 Å². The van der Waals surface area contributed by atoms with Crippen LogP contribution < -0.4 is 4.57 Å². The van der Waals surface area contributed by atoms with Crippen molar-refractivity contribution in [1.29, 1.82) is 0 Å². The molecule has 0 saturated heterocycles. The number of pyridine rings is 3. The zero-order valence-corrected chi connectivity index (χ0v) is 19.1. The first-order valence-electron chi connectivity index (χ1n) is 11.8. The first-order valence-corrected chi connectivity index (χ1v) is 11.8. The van der Waals surface area contributed by atoms with Crippen LogP contribution in [0.3, 0.4) is 0 Å². The van der Waals surface area contributed by atoms with E-state index in [0.717, 1.165) is 18.5 Å². The fraction of sp³-hybridized carbons (Fsp3) is 0.138. The molecule has 0 fully saturated rings. The monoisotopic (exact) mass is 455 g/mol. The van der Waals surface area contributed by atoms with Gasteiger partial charge >= 0.3 is 0 Å². The highest BCUT2D eigenvalue weighted by Gasteiger charge is 2.17. The zero-order chi connectivity index (χ0) is 23.6. The second kappa shape index (κ2) is 9.01. The molecule has 3 aromatic heterocycles. The van der Waals surface area contributed by atoms with Crippen LogP contribution in [0.5, 0.6) is 0 Å². The molecule has 0 bridgehead atoms. The van der Waals surface area contributed by atoms with Gasteiger partial charge in [0.15, 0.2) is 12.4 Å². The largest absolute Gasteiger partial charge is 0.265 e.